The SMILES string of the molecule is C.COCc1cnc(-c2cc(C(=O)N3CCC(c4ccc(C#N)cc4)CC3)c(C)cc2C2CCC2)[nH]1.COCc1cnc(-c2cc(C(=O)O)c(C)cc2C2CCC2)[nH]1.Cl.N#Cc1ccc(C2CCNCC2)cc1. The maximum atomic E-state index is 13.6. The summed E-state index contributed by atoms with van der Waals surface area (Å²) in [6, 6.07) is 28.3. The number of carboxylic acid groups (broad SMARTS) is 1. The van der Waals surface area contributed by atoms with E-state index in [1.807, 2.05) is 48.4 Å². The summed E-state index contributed by atoms with van der Waals surface area (Å²) < 4.78 is 10.4. The number of hydrogen-bond donors (Lipinski definition) is 4. The lowest BCUT2D eigenvalue weighted by molar-refractivity contribution is 0.0692. The van der Waals surface area contributed by atoms with Crippen molar-refractivity contribution in [1.29, 1.82) is 10.5 Å². The number of likely N-dealkylation sites (tertiary alicyclic amines) is 1. The van der Waals surface area contributed by atoms with Crippen LogP contribution in [0.15, 0.2) is 85.2 Å². The molecule has 0 spiro atoms. The standard InChI is InChI=1S/C29H32N4O2.C17H20N2O3.C12H14N2.CH4.ClH/c1-19-14-26(23-4-3-5-23)27(28-31-17-24(32-28)18-35-2)15-25(19)29(34)33-12-10-22(11-13-33)21-8-6-20(16-30)7-9-21;1-10-6-14(11-4-3-5-11)15(7-13(10)17(20)21)16-18-8-12(19-16)9-22-2;13-9-10-1-3-11(4-2-10)12-5-7-14-8-6-12;;/h6-9,14-15,17,22-23H,3-5,10-13,18H2,1-2H3,(H,31,32);6-8,11H,3-5,9H2,1-2H3,(H,18,19)(H,20,21);1-4,12,14H,5-8H2;1H4;1H. The molecule has 0 bridgehead atoms. The molecular weight excluding hydrogens is 936 g/mol. The topological polar surface area (TPSA) is 193 Å². The first-order valence-corrected chi connectivity index (χ1v) is 25.2. The molecule has 4 fully saturated rings. The first-order valence-electron chi connectivity index (χ1n) is 25.2. The molecule has 10 rings (SSSR count). The van der Waals surface area contributed by atoms with E-state index in [-0.39, 0.29) is 25.7 Å². The molecule has 2 saturated carbocycles. The molecular formula is C59H71ClN8O5. The molecule has 1 amide bonds. The molecule has 2 aromatic heterocycles. The van der Waals surface area contributed by atoms with Crippen molar-refractivity contribution < 1.29 is 24.2 Å². The highest BCUT2D eigenvalue weighted by Gasteiger charge is 2.30. The summed E-state index contributed by atoms with van der Waals surface area (Å²) in [5.41, 5.74) is 13.3. The summed E-state index contributed by atoms with van der Waals surface area (Å²) in [7, 11) is 3.31. The second-order valence-corrected chi connectivity index (χ2v) is 19.5. The van der Waals surface area contributed by atoms with Gasteiger partial charge in [0.2, 0.25) is 0 Å². The summed E-state index contributed by atoms with van der Waals surface area (Å²) in [5, 5.41) is 30.5. The summed E-state index contributed by atoms with van der Waals surface area (Å²) in [6.45, 7) is 8.56. The number of aromatic nitrogens is 4. The number of H-pyrrole nitrogens is 2. The third kappa shape index (κ3) is 13.5. The van der Waals surface area contributed by atoms with Gasteiger partial charge in [0.05, 0.1) is 65.8 Å². The summed E-state index contributed by atoms with van der Waals surface area (Å²) in [4.78, 5) is 42.7. The quantitative estimate of drug-likeness (QED) is 0.0917. The Hall–Kier alpha value is -6.61. The Bertz CT molecular complexity index is 2860. The van der Waals surface area contributed by atoms with Gasteiger partial charge in [0.25, 0.3) is 5.91 Å². The molecule has 14 heteroatoms. The molecule has 4 heterocycles. The lowest BCUT2D eigenvalue weighted by atomic mass is 9.77. The average Bonchev–Trinajstić information content (AvgIpc) is 4.04. The van der Waals surface area contributed by atoms with Crippen LogP contribution in [0.1, 0.15) is 172 Å². The first kappa shape index (κ1) is 55.7. The van der Waals surface area contributed by atoms with E-state index in [0.717, 1.165) is 108 Å². The summed E-state index contributed by atoms with van der Waals surface area (Å²) in [6.07, 6.45) is 15.0. The fraction of sp³-hybridized carbons (Fsp3) is 0.424. The van der Waals surface area contributed by atoms with Gasteiger partial charge in [-0.25, -0.2) is 14.8 Å². The number of carbonyl (C=O) groups excluding carboxylic acids is 1. The highest BCUT2D eigenvalue weighted by Crippen LogP contribution is 2.43. The van der Waals surface area contributed by atoms with Gasteiger partial charge < -0.3 is 34.8 Å². The van der Waals surface area contributed by atoms with Crippen LogP contribution in [0.5, 0.6) is 0 Å². The van der Waals surface area contributed by atoms with Crippen LogP contribution >= 0.6 is 12.4 Å². The van der Waals surface area contributed by atoms with E-state index in [1.54, 1.807) is 26.5 Å². The number of piperidine rings is 2. The molecule has 73 heavy (non-hydrogen) atoms. The minimum atomic E-state index is -0.900. The molecule has 0 atom stereocenters. The van der Waals surface area contributed by atoms with E-state index in [1.165, 1.54) is 60.8 Å². The van der Waals surface area contributed by atoms with Crippen molar-refractivity contribution in [2.75, 3.05) is 40.4 Å². The van der Waals surface area contributed by atoms with Gasteiger partial charge in [0.15, 0.2) is 0 Å². The van der Waals surface area contributed by atoms with Crippen LogP contribution in [0, 0.1) is 36.5 Å². The van der Waals surface area contributed by atoms with Crippen LogP contribution in [0.3, 0.4) is 0 Å². The minimum absolute atomic E-state index is 0. The van der Waals surface area contributed by atoms with Crippen molar-refractivity contribution in [1.82, 2.24) is 30.2 Å². The van der Waals surface area contributed by atoms with Crippen molar-refractivity contribution in [3.05, 3.63) is 152 Å². The van der Waals surface area contributed by atoms with Gasteiger partial charge in [0.1, 0.15) is 11.6 Å². The molecule has 2 aliphatic carbocycles. The number of nitriles is 2. The summed E-state index contributed by atoms with van der Waals surface area (Å²) in [5.74, 6) is 2.88. The highest BCUT2D eigenvalue weighted by molar-refractivity contribution is 5.97. The molecule has 13 nitrogen and oxygen atoms in total. The van der Waals surface area contributed by atoms with Crippen molar-refractivity contribution >= 4 is 24.3 Å². The first-order chi connectivity index (χ1) is 34.6. The van der Waals surface area contributed by atoms with Gasteiger partial charge in [-0.05, 0) is 172 Å². The largest absolute Gasteiger partial charge is 0.478 e. The monoisotopic (exact) mass is 1010 g/mol. The van der Waals surface area contributed by atoms with Crippen LogP contribution in [-0.2, 0) is 22.7 Å². The molecule has 4 aliphatic rings. The number of nitrogens with zero attached hydrogens (tertiary/aromatic N) is 5. The maximum absolute atomic E-state index is 13.6. The predicted octanol–water partition coefficient (Wildman–Crippen LogP) is 12.3. The fourth-order valence-electron chi connectivity index (χ4n) is 10.3. The Labute approximate surface area is 437 Å². The lowest BCUT2D eigenvalue weighted by Crippen LogP contribution is -2.38. The number of rotatable bonds is 12. The number of methoxy groups -OCH3 is 2. The van der Waals surface area contributed by atoms with Crippen LogP contribution in [0.2, 0.25) is 0 Å². The van der Waals surface area contributed by atoms with Crippen LogP contribution in [0.25, 0.3) is 22.8 Å². The number of aryl methyl sites for hydroxylation is 2. The molecule has 0 unspecified atom stereocenters. The van der Waals surface area contributed by atoms with E-state index in [4.69, 9.17) is 20.0 Å². The number of imidazole rings is 2. The zero-order valence-corrected chi connectivity index (χ0v) is 42.7. The Kier molecular flexibility index (Phi) is 20.1. The van der Waals surface area contributed by atoms with E-state index in [2.05, 4.69) is 80.7 Å². The van der Waals surface area contributed by atoms with Gasteiger partial charge in [-0.1, -0.05) is 56.7 Å². The third-order valence-electron chi connectivity index (χ3n) is 14.9. The van der Waals surface area contributed by atoms with Gasteiger partial charge >= 0.3 is 5.97 Å². The van der Waals surface area contributed by atoms with Crippen molar-refractivity contribution in [2.24, 2.45) is 0 Å². The zero-order valence-electron chi connectivity index (χ0n) is 41.9. The van der Waals surface area contributed by atoms with Gasteiger partial charge in [-0.2, -0.15) is 10.5 Å². The van der Waals surface area contributed by atoms with Crippen LogP contribution < -0.4 is 5.32 Å². The van der Waals surface area contributed by atoms with E-state index >= 15 is 0 Å². The Balaban J connectivity index is 0.000000195. The van der Waals surface area contributed by atoms with Gasteiger partial charge in [-0.3, -0.25) is 4.79 Å². The number of aromatic carboxylic acids is 1. The molecule has 4 N–H and O–H groups in total. The van der Waals surface area contributed by atoms with Crippen molar-refractivity contribution in [2.45, 2.75) is 122 Å². The Morgan fingerprint density at radius 3 is 1.47 bits per heavy atom. The number of amides is 1. The fourth-order valence-corrected chi connectivity index (χ4v) is 10.3. The molecule has 2 saturated heterocycles. The van der Waals surface area contributed by atoms with E-state index in [0.29, 0.717) is 48.0 Å². The van der Waals surface area contributed by atoms with E-state index < -0.39 is 5.97 Å². The zero-order chi connectivity index (χ0) is 49.9. The minimum Gasteiger partial charge on any atom is -0.478 e. The second-order valence-electron chi connectivity index (χ2n) is 19.5. The number of ether oxygens (including phenoxy) is 2. The number of benzene rings is 4. The molecule has 6 aromatic rings. The van der Waals surface area contributed by atoms with Crippen LogP contribution in [-0.4, -0.2) is 82.2 Å². The maximum Gasteiger partial charge on any atom is 0.335 e. The predicted molar refractivity (Wildman–Crippen MR) is 288 cm³/mol. The Morgan fingerprint density at radius 2 is 1.07 bits per heavy atom. The van der Waals surface area contributed by atoms with Crippen molar-refractivity contribution in [3.8, 4) is 34.9 Å². The number of halogens is 1. The lowest BCUT2D eigenvalue weighted by Gasteiger charge is -2.33. The number of carbonyl (C=O) groups is 2. The van der Waals surface area contributed by atoms with E-state index in [9.17, 15) is 14.7 Å². The third-order valence-corrected chi connectivity index (χ3v) is 14.9. The molecule has 2 aliphatic heterocycles. The van der Waals surface area contributed by atoms with Gasteiger partial charge in [0, 0.05) is 44.0 Å². The molecule has 4 aromatic carbocycles. The average molecular weight is 1010 g/mol. The molecule has 384 valence electrons. The second kappa shape index (κ2) is 26.4. The van der Waals surface area contributed by atoms with Gasteiger partial charge in [-0.15, -0.1) is 12.4 Å². The normalized spacial score (nSPS) is 15.8. The highest BCUT2D eigenvalue weighted by atomic mass is 35.5. The number of hydrogen-bond acceptors (Lipinski definition) is 9. The number of carboxylic acids is 1. The Morgan fingerprint density at radius 1 is 0.644 bits per heavy atom. The number of nitrogens with one attached hydrogen (secondary N) is 3. The number of aromatic amines is 2. The van der Waals surface area contributed by atoms with Crippen molar-refractivity contribution in [3.63, 3.8) is 0 Å². The smallest absolute Gasteiger partial charge is 0.335 e. The summed E-state index contributed by atoms with van der Waals surface area (Å²) >= 11 is 0. The molecule has 0 radical (unpaired) electrons. The van der Waals surface area contributed by atoms with Crippen LogP contribution in [0.4, 0.5) is 0 Å².